The Morgan fingerprint density at radius 3 is 2.40 bits per heavy atom. The van der Waals surface area contributed by atoms with E-state index in [9.17, 15) is 9.50 Å². The molecule has 106 valence electrons. The molecule has 0 aromatic heterocycles. The second-order valence-corrected chi connectivity index (χ2v) is 4.79. The number of methoxy groups -OCH3 is 1. The van der Waals surface area contributed by atoms with E-state index in [4.69, 9.17) is 4.74 Å². The third-order valence-corrected chi connectivity index (χ3v) is 3.19. The van der Waals surface area contributed by atoms with Crippen LogP contribution in [0.5, 0.6) is 5.75 Å². The van der Waals surface area contributed by atoms with Crippen molar-refractivity contribution in [3.8, 4) is 5.75 Å². The SMILES string of the molecule is COc1ccc(C(O)c2cccc(N(C)C)c2)cc1F. The highest BCUT2D eigenvalue weighted by molar-refractivity contribution is 5.49. The van der Waals surface area contributed by atoms with Gasteiger partial charge < -0.3 is 14.7 Å². The maximum absolute atomic E-state index is 13.7. The lowest BCUT2D eigenvalue weighted by atomic mass is 10.0. The average molecular weight is 275 g/mol. The van der Waals surface area contributed by atoms with Crippen molar-refractivity contribution in [1.29, 1.82) is 0 Å². The summed E-state index contributed by atoms with van der Waals surface area (Å²) in [7, 11) is 5.27. The van der Waals surface area contributed by atoms with Gasteiger partial charge in [0, 0.05) is 19.8 Å². The second kappa shape index (κ2) is 5.92. The first kappa shape index (κ1) is 14.3. The zero-order valence-corrected chi connectivity index (χ0v) is 11.8. The fraction of sp³-hybridized carbons (Fsp3) is 0.250. The van der Waals surface area contributed by atoms with Crippen molar-refractivity contribution in [3.63, 3.8) is 0 Å². The van der Waals surface area contributed by atoms with Crippen LogP contribution in [0.2, 0.25) is 0 Å². The number of hydrogen-bond acceptors (Lipinski definition) is 3. The number of ether oxygens (including phenoxy) is 1. The predicted molar refractivity (Wildman–Crippen MR) is 77.8 cm³/mol. The van der Waals surface area contributed by atoms with E-state index in [2.05, 4.69) is 0 Å². The van der Waals surface area contributed by atoms with Crippen molar-refractivity contribution in [3.05, 3.63) is 59.4 Å². The lowest BCUT2D eigenvalue weighted by Gasteiger charge is -2.17. The Labute approximate surface area is 118 Å². The van der Waals surface area contributed by atoms with Gasteiger partial charge in [0.05, 0.1) is 7.11 Å². The molecule has 2 aromatic carbocycles. The summed E-state index contributed by atoms with van der Waals surface area (Å²) in [6.07, 6.45) is -0.865. The molecular weight excluding hydrogens is 257 g/mol. The fourth-order valence-corrected chi connectivity index (χ4v) is 2.02. The number of aliphatic hydroxyl groups excluding tert-OH is 1. The molecule has 0 bridgehead atoms. The third-order valence-electron chi connectivity index (χ3n) is 3.19. The molecule has 1 atom stereocenters. The summed E-state index contributed by atoms with van der Waals surface area (Å²) in [6, 6.07) is 12.0. The Bertz CT molecular complexity index is 599. The van der Waals surface area contributed by atoms with E-state index in [1.54, 1.807) is 6.07 Å². The third kappa shape index (κ3) is 2.91. The molecule has 0 amide bonds. The Kier molecular flexibility index (Phi) is 4.25. The minimum Gasteiger partial charge on any atom is -0.494 e. The van der Waals surface area contributed by atoms with Gasteiger partial charge in [-0.25, -0.2) is 4.39 Å². The molecule has 20 heavy (non-hydrogen) atoms. The van der Waals surface area contributed by atoms with Crippen molar-refractivity contribution in [2.24, 2.45) is 0 Å². The van der Waals surface area contributed by atoms with Crippen molar-refractivity contribution in [1.82, 2.24) is 0 Å². The van der Waals surface area contributed by atoms with E-state index in [1.807, 2.05) is 43.3 Å². The fourth-order valence-electron chi connectivity index (χ4n) is 2.02. The van der Waals surface area contributed by atoms with Crippen LogP contribution >= 0.6 is 0 Å². The quantitative estimate of drug-likeness (QED) is 0.931. The number of nitrogens with zero attached hydrogens (tertiary/aromatic N) is 1. The highest BCUT2D eigenvalue weighted by Crippen LogP contribution is 2.28. The van der Waals surface area contributed by atoms with Gasteiger partial charge in [-0.05, 0) is 35.4 Å². The Hall–Kier alpha value is -2.07. The van der Waals surface area contributed by atoms with Crippen LogP contribution in [0.15, 0.2) is 42.5 Å². The summed E-state index contributed by atoms with van der Waals surface area (Å²) < 4.78 is 18.6. The summed E-state index contributed by atoms with van der Waals surface area (Å²) in [5.74, 6) is -0.309. The van der Waals surface area contributed by atoms with Gasteiger partial charge >= 0.3 is 0 Å². The summed E-state index contributed by atoms with van der Waals surface area (Å²) >= 11 is 0. The molecule has 1 N–H and O–H groups in total. The summed E-state index contributed by atoms with van der Waals surface area (Å²) in [5, 5.41) is 10.4. The van der Waals surface area contributed by atoms with Gasteiger partial charge in [-0.1, -0.05) is 18.2 Å². The van der Waals surface area contributed by atoms with E-state index in [-0.39, 0.29) is 5.75 Å². The van der Waals surface area contributed by atoms with Crippen LogP contribution in [0.4, 0.5) is 10.1 Å². The van der Waals surface area contributed by atoms with Gasteiger partial charge in [0.15, 0.2) is 11.6 Å². The summed E-state index contributed by atoms with van der Waals surface area (Å²) in [6.45, 7) is 0. The van der Waals surface area contributed by atoms with Gasteiger partial charge in [0.25, 0.3) is 0 Å². The van der Waals surface area contributed by atoms with Gasteiger partial charge in [0.2, 0.25) is 0 Å². The van der Waals surface area contributed by atoms with E-state index in [1.165, 1.54) is 19.2 Å². The smallest absolute Gasteiger partial charge is 0.165 e. The van der Waals surface area contributed by atoms with Gasteiger partial charge in [-0.3, -0.25) is 0 Å². The van der Waals surface area contributed by atoms with Crippen molar-refractivity contribution in [2.75, 3.05) is 26.1 Å². The summed E-state index contributed by atoms with van der Waals surface area (Å²) in [4.78, 5) is 1.95. The molecule has 0 heterocycles. The van der Waals surface area contributed by atoms with Crippen molar-refractivity contribution in [2.45, 2.75) is 6.10 Å². The van der Waals surface area contributed by atoms with E-state index < -0.39 is 11.9 Å². The topological polar surface area (TPSA) is 32.7 Å². The number of halogens is 1. The molecule has 0 aliphatic rings. The molecule has 0 saturated carbocycles. The van der Waals surface area contributed by atoms with Crippen molar-refractivity contribution < 1.29 is 14.2 Å². The molecule has 0 saturated heterocycles. The molecular formula is C16H18FNO2. The minimum absolute atomic E-state index is 0.169. The van der Waals surface area contributed by atoms with E-state index in [0.29, 0.717) is 5.56 Å². The van der Waals surface area contributed by atoms with Crippen LogP contribution in [0.25, 0.3) is 0 Å². The van der Waals surface area contributed by atoms with E-state index >= 15 is 0 Å². The zero-order chi connectivity index (χ0) is 14.7. The molecule has 4 heteroatoms. The van der Waals surface area contributed by atoms with E-state index in [0.717, 1.165) is 11.3 Å². The first-order valence-corrected chi connectivity index (χ1v) is 6.31. The van der Waals surface area contributed by atoms with Crippen LogP contribution in [0.3, 0.4) is 0 Å². The number of anilines is 1. The molecule has 2 aromatic rings. The molecule has 3 nitrogen and oxygen atoms in total. The van der Waals surface area contributed by atoms with Crippen LogP contribution in [-0.2, 0) is 0 Å². The number of aliphatic hydroxyl groups is 1. The Balaban J connectivity index is 2.33. The van der Waals surface area contributed by atoms with Crippen LogP contribution < -0.4 is 9.64 Å². The normalized spacial score (nSPS) is 12.1. The molecule has 0 fully saturated rings. The first-order chi connectivity index (χ1) is 9.52. The number of rotatable bonds is 4. The Morgan fingerprint density at radius 2 is 1.80 bits per heavy atom. The number of hydrogen-bond donors (Lipinski definition) is 1. The molecule has 0 aliphatic heterocycles. The standard InChI is InChI=1S/C16H18FNO2/c1-18(2)13-6-4-5-11(9-13)16(19)12-7-8-15(20-3)14(17)10-12/h4-10,16,19H,1-3H3. The Morgan fingerprint density at radius 1 is 1.10 bits per heavy atom. The van der Waals surface area contributed by atoms with Gasteiger partial charge in [0.1, 0.15) is 6.10 Å². The minimum atomic E-state index is -0.865. The monoisotopic (exact) mass is 275 g/mol. The lowest BCUT2D eigenvalue weighted by molar-refractivity contribution is 0.219. The van der Waals surface area contributed by atoms with Crippen LogP contribution in [-0.4, -0.2) is 26.3 Å². The molecule has 0 aliphatic carbocycles. The lowest BCUT2D eigenvalue weighted by Crippen LogP contribution is -2.09. The first-order valence-electron chi connectivity index (χ1n) is 6.31. The second-order valence-electron chi connectivity index (χ2n) is 4.79. The zero-order valence-electron chi connectivity index (χ0n) is 11.8. The number of benzene rings is 2. The highest BCUT2D eigenvalue weighted by Gasteiger charge is 2.14. The maximum Gasteiger partial charge on any atom is 0.165 e. The van der Waals surface area contributed by atoms with Gasteiger partial charge in [-0.15, -0.1) is 0 Å². The maximum atomic E-state index is 13.7. The highest BCUT2D eigenvalue weighted by atomic mass is 19.1. The summed E-state index contributed by atoms with van der Waals surface area (Å²) in [5.41, 5.74) is 2.20. The van der Waals surface area contributed by atoms with Gasteiger partial charge in [-0.2, -0.15) is 0 Å². The molecule has 0 radical (unpaired) electrons. The van der Waals surface area contributed by atoms with Crippen LogP contribution in [0.1, 0.15) is 17.2 Å². The van der Waals surface area contributed by atoms with Crippen LogP contribution in [0, 0.1) is 5.82 Å². The largest absolute Gasteiger partial charge is 0.494 e. The van der Waals surface area contributed by atoms with Crippen molar-refractivity contribution >= 4 is 5.69 Å². The predicted octanol–water partition coefficient (Wildman–Crippen LogP) is 2.98. The molecule has 2 rings (SSSR count). The average Bonchev–Trinajstić information content (AvgIpc) is 2.46. The molecule has 1 unspecified atom stereocenters. The molecule has 0 spiro atoms.